The second-order valence-electron chi connectivity index (χ2n) is 10.5. The molecule has 0 atom stereocenters. The molecule has 0 aliphatic carbocycles. The summed E-state index contributed by atoms with van der Waals surface area (Å²) in [6.45, 7) is 6.16. The van der Waals surface area contributed by atoms with Crippen LogP contribution in [0.5, 0.6) is 0 Å². The lowest BCUT2D eigenvalue weighted by atomic mass is 9.92. The molecule has 3 rings (SSSR count). The normalized spacial score (nSPS) is 12.6. The molecule has 42 heavy (non-hydrogen) atoms. The minimum Gasteiger partial charge on any atom is -0.324 e. The van der Waals surface area contributed by atoms with Crippen LogP contribution in [0.4, 0.5) is 36.4 Å². The van der Waals surface area contributed by atoms with Gasteiger partial charge in [0.1, 0.15) is 6.54 Å². The molecule has 0 heterocycles. The van der Waals surface area contributed by atoms with E-state index in [9.17, 15) is 40.3 Å². The van der Waals surface area contributed by atoms with Gasteiger partial charge in [0.2, 0.25) is 5.91 Å². The van der Waals surface area contributed by atoms with Crippen molar-refractivity contribution in [2.24, 2.45) is 0 Å². The third-order valence-corrected chi connectivity index (χ3v) is 6.77. The number of para-hydroxylation sites is 1. The van der Waals surface area contributed by atoms with Crippen molar-refractivity contribution in [1.29, 1.82) is 0 Å². The monoisotopic (exact) mass is 596 g/mol. The lowest BCUT2D eigenvalue weighted by Crippen LogP contribution is -2.61. The summed E-state index contributed by atoms with van der Waals surface area (Å²) in [7, 11) is 0. The van der Waals surface area contributed by atoms with Gasteiger partial charge < -0.3 is 10.2 Å². The van der Waals surface area contributed by atoms with Gasteiger partial charge in [0, 0.05) is 5.69 Å². The summed E-state index contributed by atoms with van der Waals surface area (Å²) in [4.78, 5) is 26.7. The molecule has 226 valence electrons. The molecule has 3 aromatic rings. The lowest BCUT2D eigenvalue weighted by molar-refractivity contribution is -0.346. The van der Waals surface area contributed by atoms with Crippen LogP contribution in [-0.2, 0) is 9.59 Å². The van der Waals surface area contributed by atoms with E-state index in [-0.39, 0.29) is 27.9 Å². The van der Waals surface area contributed by atoms with Crippen molar-refractivity contribution in [2.75, 3.05) is 11.9 Å². The summed E-state index contributed by atoms with van der Waals surface area (Å²) < 4.78 is 97.5. The second-order valence-corrected chi connectivity index (χ2v) is 10.5. The average molecular weight is 597 g/mol. The third kappa shape index (κ3) is 6.60. The Morgan fingerprint density at radius 2 is 1.12 bits per heavy atom. The molecule has 0 fully saturated rings. The summed E-state index contributed by atoms with van der Waals surface area (Å²) in [6.07, 6.45) is -6.74. The first kappa shape index (κ1) is 32.6. The van der Waals surface area contributed by atoms with Gasteiger partial charge in [-0.3, -0.25) is 9.59 Å². The molecule has 1 N–H and O–H groups in total. The number of carbonyl (C=O) groups is 2. The maximum absolute atomic E-state index is 15.0. The summed E-state index contributed by atoms with van der Waals surface area (Å²) in [6, 6.07) is 18.2. The molecule has 0 spiro atoms. The van der Waals surface area contributed by atoms with E-state index in [1.807, 2.05) is 27.7 Å². The van der Waals surface area contributed by atoms with Crippen LogP contribution < -0.4 is 5.32 Å². The SMILES string of the molecule is CC(C)c1cccc(C(C)C)c1NC(=O)CN(C(=O)C(F)(F)C(F)(F)C(F)(F)F)C(c1ccccc1)c1ccccc1. The first-order valence-corrected chi connectivity index (χ1v) is 13.2. The number of hydrogen-bond donors (Lipinski definition) is 1. The smallest absolute Gasteiger partial charge is 0.324 e. The van der Waals surface area contributed by atoms with Crippen LogP contribution in [-0.4, -0.2) is 41.3 Å². The van der Waals surface area contributed by atoms with Crippen LogP contribution in [0, 0.1) is 0 Å². The number of amides is 2. The zero-order valence-electron chi connectivity index (χ0n) is 23.4. The quantitative estimate of drug-likeness (QED) is 0.239. The van der Waals surface area contributed by atoms with E-state index in [1.165, 1.54) is 48.5 Å². The Kier molecular flexibility index (Phi) is 9.74. The zero-order chi connectivity index (χ0) is 31.5. The molecule has 0 aliphatic rings. The van der Waals surface area contributed by atoms with E-state index in [0.717, 1.165) is 0 Å². The Hall–Kier alpha value is -3.89. The number of halogens is 7. The molecule has 0 saturated heterocycles. The molecular weight excluding hydrogens is 565 g/mol. The molecule has 3 aromatic carbocycles. The lowest BCUT2D eigenvalue weighted by Gasteiger charge is -2.37. The minimum atomic E-state index is -6.74. The Morgan fingerprint density at radius 3 is 1.50 bits per heavy atom. The van der Waals surface area contributed by atoms with Gasteiger partial charge in [0.25, 0.3) is 0 Å². The van der Waals surface area contributed by atoms with Gasteiger partial charge in [-0.2, -0.15) is 30.7 Å². The topological polar surface area (TPSA) is 49.4 Å². The number of alkyl halides is 7. The number of nitrogens with zero attached hydrogens (tertiary/aromatic N) is 1. The first-order chi connectivity index (χ1) is 19.5. The van der Waals surface area contributed by atoms with Gasteiger partial charge in [0.15, 0.2) is 0 Å². The highest BCUT2D eigenvalue weighted by atomic mass is 19.4. The van der Waals surface area contributed by atoms with Gasteiger partial charge in [0.05, 0.1) is 6.04 Å². The van der Waals surface area contributed by atoms with Crippen molar-refractivity contribution >= 4 is 17.5 Å². The Morgan fingerprint density at radius 1 is 0.690 bits per heavy atom. The van der Waals surface area contributed by atoms with Gasteiger partial charge >= 0.3 is 23.9 Å². The maximum atomic E-state index is 15.0. The van der Waals surface area contributed by atoms with Crippen molar-refractivity contribution in [3.63, 3.8) is 0 Å². The van der Waals surface area contributed by atoms with Crippen molar-refractivity contribution in [1.82, 2.24) is 4.90 Å². The standard InChI is InChI=1S/C31H31F7N2O2/c1-19(2)23-16-11-17-24(20(3)4)26(23)39-25(41)18-40(28(42)29(32,33)30(34,35)31(36,37)38)27(21-12-7-5-8-13-21)22-14-9-6-10-15-22/h5-17,19-20,27H,18H2,1-4H3,(H,39,41). The first-order valence-electron chi connectivity index (χ1n) is 13.2. The Bertz CT molecular complexity index is 1310. The van der Waals surface area contributed by atoms with E-state index < -0.39 is 42.4 Å². The van der Waals surface area contributed by atoms with E-state index in [1.54, 1.807) is 30.3 Å². The third-order valence-electron chi connectivity index (χ3n) is 6.77. The molecule has 0 radical (unpaired) electrons. The molecule has 11 heteroatoms. The number of benzene rings is 3. The number of anilines is 1. The van der Waals surface area contributed by atoms with E-state index >= 15 is 0 Å². The minimum absolute atomic E-state index is 0.0761. The Labute approximate surface area is 239 Å². The van der Waals surface area contributed by atoms with Crippen molar-refractivity contribution < 1.29 is 40.3 Å². The van der Waals surface area contributed by atoms with Crippen LogP contribution in [0.15, 0.2) is 78.9 Å². The fourth-order valence-electron chi connectivity index (χ4n) is 4.63. The van der Waals surface area contributed by atoms with Gasteiger partial charge in [-0.05, 0) is 34.1 Å². The van der Waals surface area contributed by atoms with E-state index in [2.05, 4.69) is 5.32 Å². The summed E-state index contributed by atoms with van der Waals surface area (Å²) in [5, 5.41) is 2.62. The van der Waals surface area contributed by atoms with Crippen molar-refractivity contribution in [3.05, 3.63) is 101 Å². The molecule has 2 amide bonds. The number of carbonyl (C=O) groups excluding carboxylic acids is 2. The molecule has 0 bridgehead atoms. The zero-order valence-corrected chi connectivity index (χ0v) is 23.4. The van der Waals surface area contributed by atoms with Crippen LogP contribution in [0.1, 0.15) is 67.8 Å². The molecule has 0 unspecified atom stereocenters. The van der Waals surface area contributed by atoms with Gasteiger partial charge in [-0.25, -0.2) is 0 Å². The number of hydrogen-bond acceptors (Lipinski definition) is 2. The molecule has 0 aliphatic heterocycles. The average Bonchev–Trinajstić information content (AvgIpc) is 2.92. The predicted octanol–water partition coefficient (Wildman–Crippen LogP) is 8.32. The number of nitrogens with one attached hydrogen (secondary N) is 1. The van der Waals surface area contributed by atoms with Crippen LogP contribution >= 0.6 is 0 Å². The molecule has 0 saturated carbocycles. The van der Waals surface area contributed by atoms with Crippen molar-refractivity contribution in [3.8, 4) is 0 Å². The largest absolute Gasteiger partial charge is 0.460 e. The summed E-state index contributed by atoms with van der Waals surface area (Å²) in [5.74, 6) is -17.0. The molecular formula is C31H31F7N2O2. The molecule has 4 nitrogen and oxygen atoms in total. The number of rotatable bonds is 10. The highest BCUT2D eigenvalue weighted by molar-refractivity contribution is 5.97. The van der Waals surface area contributed by atoms with Crippen LogP contribution in [0.2, 0.25) is 0 Å². The predicted molar refractivity (Wildman–Crippen MR) is 146 cm³/mol. The highest BCUT2D eigenvalue weighted by Crippen LogP contribution is 2.48. The Balaban J connectivity index is 2.18. The fraction of sp³-hybridized carbons (Fsp3) is 0.355. The fourth-order valence-corrected chi connectivity index (χ4v) is 4.63. The maximum Gasteiger partial charge on any atom is 0.460 e. The van der Waals surface area contributed by atoms with Gasteiger partial charge in [-0.1, -0.05) is 107 Å². The van der Waals surface area contributed by atoms with Crippen LogP contribution in [0.3, 0.4) is 0 Å². The van der Waals surface area contributed by atoms with E-state index in [4.69, 9.17) is 0 Å². The molecule has 0 aromatic heterocycles. The van der Waals surface area contributed by atoms with E-state index in [0.29, 0.717) is 16.8 Å². The summed E-state index contributed by atoms with van der Waals surface area (Å²) in [5.41, 5.74) is 1.94. The second kappa shape index (κ2) is 12.5. The van der Waals surface area contributed by atoms with Crippen LogP contribution in [0.25, 0.3) is 0 Å². The highest BCUT2D eigenvalue weighted by Gasteiger charge is 2.77. The van der Waals surface area contributed by atoms with Gasteiger partial charge in [-0.15, -0.1) is 0 Å². The van der Waals surface area contributed by atoms with Crippen molar-refractivity contribution in [2.45, 2.75) is 63.6 Å². The summed E-state index contributed by atoms with van der Waals surface area (Å²) >= 11 is 0.